The van der Waals surface area contributed by atoms with E-state index in [1.165, 1.54) is 11.3 Å². The lowest BCUT2D eigenvalue weighted by atomic mass is 10.3. The molecule has 18 heavy (non-hydrogen) atoms. The minimum absolute atomic E-state index is 0.000240. The zero-order valence-electron chi connectivity index (χ0n) is 10.7. The minimum Gasteiger partial charge on any atom is -0.342 e. The molecule has 0 spiro atoms. The third-order valence-corrected chi connectivity index (χ3v) is 4.04. The van der Waals surface area contributed by atoms with Gasteiger partial charge in [0.2, 0.25) is 5.91 Å². The molecule has 1 aromatic heterocycles. The predicted molar refractivity (Wildman–Crippen MR) is 69.7 cm³/mol. The summed E-state index contributed by atoms with van der Waals surface area (Å²) in [6, 6.07) is 0. The van der Waals surface area contributed by atoms with E-state index in [2.05, 4.69) is 10.3 Å². The SMILES string of the molecule is Cc1nc(C)c(C(=O)NCC(=O)N2CCCC2)s1. The summed E-state index contributed by atoms with van der Waals surface area (Å²) in [6.07, 6.45) is 2.12. The molecule has 2 rings (SSSR count). The fraction of sp³-hybridized carbons (Fsp3) is 0.583. The number of carbonyl (C=O) groups is 2. The van der Waals surface area contributed by atoms with Crippen molar-refractivity contribution in [2.24, 2.45) is 0 Å². The molecule has 1 saturated heterocycles. The summed E-state index contributed by atoms with van der Waals surface area (Å²) in [5.41, 5.74) is 0.726. The average molecular weight is 267 g/mol. The zero-order valence-corrected chi connectivity index (χ0v) is 11.5. The molecular formula is C12H17N3O2S. The molecule has 0 aliphatic carbocycles. The van der Waals surface area contributed by atoms with Gasteiger partial charge in [0, 0.05) is 13.1 Å². The molecule has 0 aromatic carbocycles. The highest BCUT2D eigenvalue weighted by Crippen LogP contribution is 2.16. The number of thiazole rings is 1. The first-order valence-corrected chi connectivity index (χ1v) is 6.89. The maximum Gasteiger partial charge on any atom is 0.263 e. The largest absolute Gasteiger partial charge is 0.342 e. The van der Waals surface area contributed by atoms with Crippen molar-refractivity contribution in [3.63, 3.8) is 0 Å². The number of likely N-dealkylation sites (tertiary alicyclic amines) is 1. The Morgan fingerprint density at radius 2 is 2.00 bits per heavy atom. The molecule has 1 aliphatic rings. The van der Waals surface area contributed by atoms with Crippen molar-refractivity contribution in [1.82, 2.24) is 15.2 Å². The number of rotatable bonds is 3. The van der Waals surface area contributed by atoms with Crippen LogP contribution in [0.1, 0.15) is 33.2 Å². The lowest BCUT2D eigenvalue weighted by Gasteiger charge is -2.15. The highest BCUT2D eigenvalue weighted by atomic mass is 32.1. The van der Waals surface area contributed by atoms with Gasteiger partial charge in [-0.15, -0.1) is 11.3 Å². The Morgan fingerprint density at radius 1 is 1.33 bits per heavy atom. The number of nitrogens with zero attached hydrogens (tertiary/aromatic N) is 2. The van der Waals surface area contributed by atoms with Crippen LogP contribution >= 0.6 is 11.3 Å². The second-order valence-corrected chi connectivity index (χ2v) is 5.62. The first kappa shape index (κ1) is 13.0. The number of aryl methyl sites for hydroxylation is 2. The monoisotopic (exact) mass is 267 g/mol. The van der Waals surface area contributed by atoms with Gasteiger partial charge in [0.25, 0.3) is 5.91 Å². The van der Waals surface area contributed by atoms with Gasteiger partial charge in [-0.25, -0.2) is 4.98 Å². The molecule has 98 valence electrons. The molecule has 1 aliphatic heterocycles. The van der Waals surface area contributed by atoms with Gasteiger partial charge in [0.15, 0.2) is 0 Å². The smallest absolute Gasteiger partial charge is 0.263 e. The number of nitrogens with one attached hydrogen (secondary N) is 1. The van der Waals surface area contributed by atoms with E-state index in [1.807, 2.05) is 6.92 Å². The summed E-state index contributed by atoms with van der Waals surface area (Å²) < 4.78 is 0. The van der Waals surface area contributed by atoms with Gasteiger partial charge in [-0.3, -0.25) is 9.59 Å². The van der Waals surface area contributed by atoms with Crippen molar-refractivity contribution in [3.05, 3.63) is 15.6 Å². The third-order valence-electron chi connectivity index (χ3n) is 2.97. The van der Waals surface area contributed by atoms with Crippen LogP contribution in [-0.4, -0.2) is 41.3 Å². The molecule has 5 nitrogen and oxygen atoms in total. The normalized spacial score (nSPS) is 14.9. The molecule has 2 amide bonds. The Labute approximate surface area is 110 Å². The van der Waals surface area contributed by atoms with Gasteiger partial charge in [-0.1, -0.05) is 0 Å². The topological polar surface area (TPSA) is 62.3 Å². The Kier molecular flexibility index (Phi) is 3.96. The van der Waals surface area contributed by atoms with Crippen LogP contribution in [0.2, 0.25) is 0 Å². The number of carbonyl (C=O) groups excluding carboxylic acids is 2. The van der Waals surface area contributed by atoms with E-state index in [0.717, 1.165) is 36.6 Å². The van der Waals surface area contributed by atoms with E-state index < -0.39 is 0 Å². The van der Waals surface area contributed by atoms with Gasteiger partial charge < -0.3 is 10.2 Å². The second kappa shape index (κ2) is 5.48. The average Bonchev–Trinajstić information content (AvgIpc) is 2.95. The minimum atomic E-state index is -0.203. The van der Waals surface area contributed by atoms with E-state index in [4.69, 9.17) is 0 Å². The number of hydrogen-bond acceptors (Lipinski definition) is 4. The number of amides is 2. The quantitative estimate of drug-likeness (QED) is 0.892. The standard InChI is InChI=1S/C12H17N3O2S/c1-8-11(18-9(2)14-8)12(17)13-7-10(16)15-5-3-4-6-15/h3-7H2,1-2H3,(H,13,17). The highest BCUT2D eigenvalue weighted by Gasteiger charge is 2.19. The van der Waals surface area contributed by atoms with Crippen molar-refractivity contribution >= 4 is 23.2 Å². The van der Waals surface area contributed by atoms with Crippen LogP contribution in [0, 0.1) is 13.8 Å². The van der Waals surface area contributed by atoms with Crippen LogP contribution in [0.15, 0.2) is 0 Å². The lowest BCUT2D eigenvalue weighted by Crippen LogP contribution is -2.38. The van der Waals surface area contributed by atoms with E-state index >= 15 is 0 Å². The Hall–Kier alpha value is -1.43. The zero-order chi connectivity index (χ0) is 13.1. The van der Waals surface area contributed by atoms with Crippen molar-refractivity contribution in [3.8, 4) is 0 Å². The molecule has 0 unspecified atom stereocenters. The van der Waals surface area contributed by atoms with Crippen LogP contribution in [-0.2, 0) is 4.79 Å². The maximum atomic E-state index is 11.9. The Balaban J connectivity index is 1.88. The molecule has 1 aromatic rings. The van der Waals surface area contributed by atoms with Gasteiger partial charge >= 0.3 is 0 Å². The third kappa shape index (κ3) is 2.87. The summed E-state index contributed by atoms with van der Waals surface area (Å²) in [6.45, 7) is 5.38. The van der Waals surface area contributed by atoms with Gasteiger partial charge in [-0.2, -0.15) is 0 Å². The van der Waals surface area contributed by atoms with Crippen LogP contribution in [0.3, 0.4) is 0 Å². The molecular weight excluding hydrogens is 250 g/mol. The molecule has 0 bridgehead atoms. The van der Waals surface area contributed by atoms with Crippen molar-refractivity contribution in [2.75, 3.05) is 19.6 Å². The van der Waals surface area contributed by atoms with E-state index in [-0.39, 0.29) is 18.4 Å². The molecule has 0 radical (unpaired) electrons. The molecule has 1 fully saturated rings. The molecule has 2 heterocycles. The summed E-state index contributed by atoms with van der Waals surface area (Å²) in [5.74, 6) is -0.203. The number of aromatic nitrogens is 1. The Bertz CT molecular complexity index is 464. The van der Waals surface area contributed by atoms with Crippen molar-refractivity contribution < 1.29 is 9.59 Å². The van der Waals surface area contributed by atoms with Gasteiger partial charge in [-0.05, 0) is 26.7 Å². The summed E-state index contributed by atoms with van der Waals surface area (Å²) in [4.78, 5) is 30.3. The van der Waals surface area contributed by atoms with Crippen molar-refractivity contribution in [1.29, 1.82) is 0 Å². The predicted octanol–water partition coefficient (Wildman–Crippen LogP) is 1.11. The summed E-state index contributed by atoms with van der Waals surface area (Å²) >= 11 is 1.36. The van der Waals surface area contributed by atoms with Crippen LogP contribution in [0.25, 0.3) is 0 Å². The second-order valence-electron chi connectivity index (χ2n) is 4.42. The van der Waals surface area contributed by atoms with Crippen LogP contribution in [0.5, 0.6) is 0 Å². The van der Waals surface area contributed by atoms with E-state index in [0.29, 0.717) is 4.88 Å². The molecule has 0 atom stereocenters. The first-order chi connectivity index (χ1) is 8.58. The highest BCUT2D eigenvalue weighted by molar-refractivity contribution is 7.13. The lowest BCUT2D eigenvalue weighted by molar-refractivity contribution is -0.129. The van der Waals surface area contributed by atoms with E-state index in [9.17, 15) is 9.59 Å². The summed E-state index contributed by atoms with van der Waals surface area (Å²) in [7, 11) is 0. The first-order valence-electron chi connectivity index (χ1n) is 6.08. The fourth-order valence-electron chi connectivity index (χ4n) is 2.06. The van der Waals surface area contributed by atoms with Crippen molar-refractivity contribution in [2.45, 2.75) is 26.7 Å². The van der Waals surface area contributed by atoms with Gasteiger partial charge in [0.1, 0.15) is 4.88 Å². The van der Waals surface area contributed by atoms with E-state index in [1.54, 1.807) is 11.8 Å². The maximum absolute atomic E-state index is 11.9. The fourth-order valence-corrected chi connectivity index (χ4v) is 2.89. The number of hydrogen-bond donors (Lipinski definition) is 1. The Morgan fingerprint density at radius 3 is 2.56 bits per heavy atom. The molecule has 0 saturated carbocycles. The molecule has 1 N–H and O–H groups in total. The van der Waals surface area contributed by atoms with Gasteiger partial charge in [0.05, 0.1) is 17.2 Å². The van der Waals surface area contributed by atoms with Crippen LogP contribution < -0.4 is 5.32 Å². The molecule has 6 heteroatoms. The van der Waals surface area contributed by atoms with Crippen LogP contribution in [0.4, 0.5) is 0 Å². The summed E-state index contributed by atoms with van der Waals surface area (Å²) in [5, 5.41) is 3.53.